The van der Waals surface area contributed by atoms with E-state index in [2.05, 4.69) is 58.5 Å². The van der Waals surface area contributed by atoms with Gasteiger partial charge in [0.1, 0.15) is 22.9 Å². The van der Waals surface area contributed by atoms with E-state index in [0.717, 1.165) is 100 Å². The van der Waals surface area contributed by atoms with Crippen LogP contribution in [-0.4, -0.2) is 65.2 Å². The number of aromatic amines is 2. The Kier molecular flexibility index (Phi) is 6.64. The van der Waals surface area contributed by atoms with Crippen molar-refractivity contribution >= 4 is 34.0 Å². The van der Waals surface area contributed by atoms with Crippen LogP contribution < -0.4 is 0 Å². The highest BCUT2D eigenvalue weighted by Gasteiger charge is 2.57. The molecule has 2 N–H and O–H groups in total. The van der Waals surface area contributed by atoms with Gasteiger partial charge in [0.25, 0.3) is 0 Å². The third-order valence-electron chi connectivity index (χ3n) is 11.7. The summed E-state index contributed by atoms with van der Waals surface area (Å²) < 4.78 is 11.6. The van der Waals surface area contributed by atoms with Crippen molar-refractivity contribution in [1.82, 2.24) is 29.7 Å². The first kappa shape index (κ1) is 31.8. The molecule has 3 aliphatic carbocycles. The zero-order valence-electron chi connectivity index (χ0n) is 30.7. The Labute approximate surface area is 303 Å². The second kappa shape index (κ2) is 10.8. The molecule has 0 spiro atoms. The first-order chi connectivity index (χ1) is 24.8. The number of benzene rings is 3. The maximum Gasteiger partial charge on any atom is 0.411 e. The van der Waals surface area contributed by atoms with E-state index in [1.54, 1.807) is 0 Å². The molecule has 10 nitrogen and oxygen atoms in total. The largest absolute Gasteiger partial charge is 0.444 e. The molecule has 0 radical (unpaired) electrons. The normalized spacial score (nSPS) is 25.9. The first-order valence-electron chi connectivity index (χ1n) is 19.0. The fourth-order valence-electron chi connectivity index (χ4n) is 9.17. The lowest BCUT2D eigenvalue weighted by Gasteiger charge is -2.29. The van der Waals surface area contributed by atoms with Crippen molar-refractivity contribution in [2.75, 3.05) is 0 Å². The highest BCUT2D eigenvalue weighted by Crippen LogP contribution is 2.55. The number of fused-ring (bicyclic) bond motifs is 8. The number of hydrogen-bond acceptors (Lipinski definition) is 6. The van der Waals surface area contributed by atoms with Crippen molar-refractivity contribution in [3.63, 3.8) is 0 Å². The maximum atomic E-state index is 13.3. The summed E-state index contributed by atoms with van der Waals surface area (Å²) in [5, 5.41) is 2.22. The van der Waals surface area contributed by atoms with Crippen molar-refractivity contribution in [3.8, 4) is 22.4 Å². The van der Waals surface area contributed by atoms with Crippen LogP contribution in [0.2, 0.25) is 0 Å². The molecule has 0 unspecified atom stereocenters. The van der Waals surface area contributed by atoms with Gasteiger partial charge in [-0.3, -0.25) is 9.80 Å². The third kappa shape index (κ3) is 5.27. The van der Waals surface area contributed by atoms with E-state index in [1.165, 1.54) is 5.56 Å². The lowest BCUT2D eigenvalue weighted by atomic mass is 9.89. The molecule has 0 bridgehead atoms. The van der Waals surface area contributed by atoms with Crippen molar-refractivity contribution in [2.24, 2.45) is 11.8 Å². The minimum atomic E-state index is -0.546. The van der Waals surface area contributed by atoms with Crippen LogP contribution in [-0.2, 0) is 22.3 Å². The lowest BCUT2D eigenvalue weighted by Crippen LogP contribution is -2.38. The van der Waals surface area contributed by atoms with Crippen LogP contribution in [0, 0.1) is 11.8 Å². The molecule has 2 saturated heterocycles. The smallest absolute Gasteiger partial charge is 0.411 e. The molecule has 2 aromatic heterocycles. The number of amides is 2. The predicted molar refractivity (Wildman–Crippen MR) is 199 cm³/mol. The predicted octanol–water partition coefficient (Wildman–Crippen LogP) is 9.01. The maximum absolute atomic E-state index is 13.3. The van der Waals surface area contributed by atoms with Crippen LogP contribution in [0.4, 0.5) is 9.59 Å². The van der Waals surface area contributed by atoms with Gasteiger partial charge in [-0.25, -0.2) is 19.6 Å². The quantitative estimate of drug-likeness (QED) is 0.194. The number of nitrogens with one attached hydrogen (secondary N) is 2. The Morgan fingerprint density at radius 1 is 0.712 bits per heavy atom. The lowest BCUT2D eigenvalue weighted by molar-refractivity contribution is 0.0164. The second-order valence-corrected chi connectivity index (χ2v) is 17.7. The summed E-state index contributed by atoms with van der Waals surface area (Å²) in [4.78, 5) is 47.9. The molecule has 2 amide bonds. The zero-order chi connectivity index (χ0) is 35.8. The Balaban J connectivity index is 0.943. The van der Waals surface area contributed by atoms with Gasteiger partial charge in [0, 0.05) is 28.7 Å². The molecule has 4 fully saturated rings. The summed E-state index contributed by atoms with van der Waals surface area (Å²) in [7, 11) is 0. The molecule has 52 heavy (non-hydrogen) atoms. The number of aromatic nitrogens is 4. The number of H-pyrrole nitrogens is 2. The number of nitrogens with zero attached hydrogens (tertiary/aromatic N) is 4. The number of likely N-dealkylation sites (tertiary alicyclic amines) is 2. The van der Waals surface area contributed by atoms with Crippen molar-refractivity contribution < 1.29 is 19.1 Å². The number of rotatable bonds is 3. The summed E-state index contributed by atoms with van der Waals surface area (Å²) in [5.74, 6) is 2.76. The minimum Gasteiger partial charge on any atom is -0.444 e. The fourth-order valence-corrected chi connectivity index (χ4v) is 9.17. The number of piperidine rings is 2. The number of hydrogen-bond donors (Lipinski definition) is 2. The highest BCUT2D eigenvalue weighted by atomic mass is 16.6. The van der Waals surface area contributed by atoms with Gasteiger partial charge >= 0.3 is 12.2 Å². The third-order valence-corrected chi connectivity index (χ3v) is 11.7. The molecule has 268 valence electrons. The standard InChI is InChI=1S/C42H46N6O4/c1-41(2,3)51-39(49)47-31-17-25(31)19-33(47)37-43-29-14-11-24-15-22(9-12-27(24)35(29)45-37)23-8-7-21-10-13-30-36(28(21)16-23)46-38(44-30)34-20-26-18-32(26)48(34)40(50)52-42(4,5)6/h7-10,12-13,15-16,25-26,31-34H,11,14,17-20H2,1-6H3,(H,43,45)(H,44,46)/t25-,26-,31-,32-,33-,34-/m0/s1. The molecule has 3 aromatic carbocycles. The molecule has 2 saturated carbocycles. The van der Waals surface area contributed by atoms with Crippen molar-refractivity contribution in [3.05, 3.63) is 71.4 Å². The number of imidazole rings is 2. The average Bonchev–Trinajstić information content (AvgIpc) is 3.72. The van der Waals surface area contributed by atoms with Crippen molar-refractivity contribution in [1.29, 1.82) is 0 Å². The number of aryl methyl sites for hydroxylation is 2. The molecular weight excluding hydrogens is 652 g/mol. The van der Waals surface area contributed by atoms with Gasteiger partial charge in [0.15, 0.2) is 0 Å². The fraction of sp³-hybridized carbons (Fsp3) is 0.476. The van der Waals surface area contributed by atoms with Crippen molar-refractivity contribution in [2.45, 2.75) is 115 Å². The molecule has 10 rings (SSSR count). The van der Waals surface area contributed by atoms with Gasteiger partial charge in [-0.05, 0) is 126 Å². The van der Waals surface area contributed by atoms with Crippen LogP contribution in [0.3, 0.4) is 0 Å². The molecule has 10 heteroatoms. The molecular formula is C42H46N6O4. The monoisotopic (exact) mass is 698 g/mol. The molecule has 5 aliphatic rings. The van der Waals surface area contributed by atoms with Gasteiger partial charge in [-0.15, -0.1) is 0 Å². The zero-order valence-corrected chi connectivity index (χ0v) is 30.7. The molecule has 2 aliphatic heterocycles. The van der Waals surface area contributed by atoms with E-state index in [1.807, 2.05) is 51.3 Å². The topological polar surface area (TPSA) is 116 Å². The summed E-state index contributed by atoms with van der Waals surface area (Å²) in [6.07, 6.45) is 5.24. The van der Waals surface area contributed by atoms with Gasteiger partial charge in [-0.2, -0.15) is 0 Å². The SMILES string of the molecule is CC(C)(C)OC(=O)N1[C@H](c2nc3c([nH]2)CCc2cc(-c4ccc5ccc6[nH]c([C@@H]7C[C@@H]8C[C@@H]8N7C(=O)OC(C)(C)C)nc6c5c4)ccc2-3)C[C@@H]2C[C@@H]21. The molecule has 5 aromatic rings. The Morgan fingerprint density at radius 3 is 1.96 bits per heavy atom. The van der Waals surface area contributed by atoms with E-state index in [-0.39, 0.29) is 36.4 Å². The number of carbonyl (C=O) groups is 2. The Hall–Kier alpha value is -4.86. The first-order valence-corrected chi connectivity index (χ1v) is 19.0. The van der Waals surface area contributed by atoms with E-state index in [0.29, 0.717) is 11.8 Å². The minimum absolute atomic E-state index is 0.0799. The van der Waals surface area contributed by atoms with E-state index in [9.17, 15) is 9.59 Å². The van der Waals surface area contributed by atoms with Crippen LogP contribution in [0.15, 0.2) is 48.5 Å². The molecule has 4 heterocycles. The summed E-state index contributed by atoms with van der Waals surface area (Å²) >= 11 is 0. The van der Waals surface area contributed by atoms with Gasteiger partial charge in [0.05, 0.1) is 28.8 Å². The summed E-state index contributed by atoms with van der Waals surface area (Å²) in [5.41, 5.74) is 7.70. The van der Waals surface area contributed by atoms with Crippen LogP contribution >= 0.6 is 0 Å². The van der Waals surface area contributed by atoms with E-state index in [4.69, 9.17) is 19.4 Å². The molecule has 6 atom stereocenters. The summed E-state index contributed by atoms with van der Waals surface area (Å²) in [6.45, 7) is 11.5. The second-order valence-electron chi connectivity index (χ2n) is 17.7. The number of carbonyl (C=O) groups excluding carboxylic acids is 2. The summed E-state index contributed by atoms with van der Waals surface area (Å²) in [6, 6.07) is 17.9. The average molecular weight is 699 g/mol. The number of ether oxygens (including phenoxy) is 2. The Bertz CT molecular complexity index is 2310. The van der Waals surface area contributed by atoms with E-state index >= 15 is 0 Å². The van der Waals surface area contributed by atoms with Gasteiger partial charge in [0.2, 0.25) is 0 Å². The van der Waals surface area contributed by atoms with Crippen LogP contribution in [0.1, 0.15) is 102 Å². The van der Waals surface area contributed by atoms with E-state index < -0.39 is 11.2 Å². The Morgan fingerprint density at radius 2 is 1.31 bits per heavy atom. The highest BCUT2D eigenvalue weighted by molar-refractivity contribution is 6.05. The van der Waals surface area contributed by atoms with Gasteiger partial charge in [-0.1, -0.05) is 36.4 Å². The van der Waals surface area contributed by atoms with Crippen LogP contribution in [0.25, 0.3) is 44.2 Å². The van der Waals surface area contributed by atoms with Gasteiger partial charge < -0.3 is 19.4 Å². The van der Waals surface area contributed by atoms with Crippen LogP contribution in [0.5, 0.6) is 0 Å².